The Kier molecular flexibility index (Phi) is 7.47. The second kappa shape index (κ2) is 11.0. The number of alkyl halides is 3. The van der Waals surface area contributed by atoms with Crippen molar-refractivity contribution in [3.8, 4) is 0 Å². The van der Waals surface area contributed by atoms with Gasteiger partial charge in [-0.25, -0.2) is 9.78 Å². The first kappa shape index (κ1) is 26.5. The Morgan fingerprint density at radius 2 is 1.74 bits per heavy atom. The third-order valence-corrected chi connectivity index (χ3v) is 6.32. The SMILES string of the molecule is O=C(Nc1cccc(C(=O)c2ccc3nc(C4CNCCO4)cnc3c2)c1)Nc1ccc(Cl)c(C(F)(F)F)c1. The molecular weight excluding hydrogens is 535 g/mol. The molecule has 2 amide bonds. The average Bonchev–Trinajstić information content (AvgIpc) is 2.93. The number of aromatic nitrogens is 2. The maximum Gasteiger partial charge on any atom is 0.417 e. The minimum Gasteiger partial charge on any atom is -0.369 e. The van der Waals surface area contributed by atoms with E-state index in [1.807, 2.05) is 0 Å². The predicted octanol–water partition coefficient (Wildman–Crippen LogP) is 5.84. The van der Waals surface area contributed by atoms with Gasteiger partial charge in [0.05, 0.1) is 40.1 Å². The number of nitrogens with zero attached hydrogens (tertiary/aromatic N) is 2. The molecule has 1 aliphatic heterocycles. The molecule has 0 spiro atoms. The number of nitrogens with one attached hydrogen (secondary N) is 3. The van der Waals surface area contributed by atoms with Crippen LogP contribution in [0.4, 0.5) is 29.3 Å². The monoisotopic (exact) mass is 555 g/mol. The molecule has 3 N–H and O–H groups in total. The fraction of sp³-hybridized carbons (Fsp3) is 0.185. The highest BCUT2D eigenvalue weighted by Gasteiger charge is 2.33. The van der Waals surface area contributed by atoms with Crippen molar-refractivity contribution in [1.82, 2.24) is 15.3 Å². The van der Waals surface area contributed by atoms with Crippen LogP contribution < -0.4 is 16.0 Å². The quantitative estimate of drug-likeness (QED) is 0.267. The number of urea groups is 1. The summed E-state index contributed by atoms with van der Waals surface area (Å²) in [7, 11) is 0. The highest BCUT2D eigenvalue weighted by atomic mass is 35.5. The molecule has 1 aliphatic rings. The van der Waals surface area contributed by atoms with Crippen molar-refractivity contribution in [2.75, 3.05) is 30.3 Å². The van der Waals surface area contributed by atoms with Gasteiger partial charge in [0, 0.05) is 35.6 Å². The molecular formula is C27H21ClF3N5O3. The smallest absolute Gasteiger partial charge is 0.369 e. The summed E-state index contributed by atoms with van der Waals surface area (Å²) in [4.78, 5) is 34.7. The molecule has 1 aromatic heterocycles. The van der Waals surface area contributed by atoms with E-state index in [1.54, 1.807) is 42.6 Å². The van der Waals surface area contributed by atoms with E-state index in [-0.39, 0.29) is 23.3 Å². The van der Waals surface area contributed by atoms with E-state index in [0.29, 0.717) is 41.0 Å². The van der Waals surface area contributed by atoms with Crippen LogP contribution in [0.25, 0.3) is 11.0 Å². The summed E-state index contributed by atoms with van der Waals surface area (Å²) < 4.78 is 45.0. The van der Waals surface area contributed by atoms with E-state index >= 15 is 0 Å². The molecule has 2 heterocycles. The molecule has 1 atom stereocenters. The van der Waals surface area contributed by atoms with Crippen LogP contribution in [-0.2, 0) is 10.9 Å². The first-order chi connectivity index (χ1) is 18.7. The summed E-state index contributed by atoms with van der Waals surface area (Å²) in [5.74, 6) is -0.306. The van der Waals surface area contributed by atoms with E-state index in [1.165, 1.54) is 12.1 Å². The Balaban J connectivity index is 1.29. The number of benzene rings is 3. The number of fused-ring (bicyclic) bond motifs is 1. The lowest BCUT2D eigenvalue weighted by Gasteiger charge is -2.22. The van der Waals surface area contributed by atoms with Gasteiger partial charge in [-0.3, -0.25) is 9.78 Å². The second-order valence-corrected chi connectivity index (χ2v) is 9.15. The van der Waals surface area contributed by atoms with Crippen molar-refractivity contribution >= 4 is 45.8 Å². The van der Waals surface area contributed by atoms with Crippen LogP contribution >= 0.6 is 11.6 Å². The molecule has 1 saturated heterocycles. The van der Waals surface area contributed by atoms with Crippen molar-refractivity contribution in [3.63, 3.8) is 0 Å². The van der Waals surface area contributed by atoms with Gasteiger partial charge in [-0.15, -0.1) is 0 Å². The molecule has 3 aromatic carbocycles. The van der Waals surface area contributed by atoms with Gasteiger partial charge in [0.25, 0.3) is 0 Å². The first-order valence-corrected chi connectivity index (χ1v) is 12.2. The predicted molar refractivity (Wildman–Crippen MR) is 140 cm³/mol. The number of carbonyl (C=O) groups excluding carboxylic acids is 2. The lowest BCUT2D eigenvalue weighted by atomic mass is 10.0. The number of ether oxygens (including phenoxy) is 1. The van der Waals surface area contributed by atoms with Crippen LogP contribution in [-0.4, -0.2) is 41.5 Å². The van der Waals surface area contributed by atoms with Crippen molar-refractivity contribution in [2.45, 2.75) is 12.3 Å². The molecule has 0 aliphatic carbocycles. The molecule has 1 unspecified atom stereocenters. The number of anilines is 2. The Labute approximate surface area is 225 Å². The highest BCUT2D eigenvalue weighted by molar-refractivity contribution is 6.31. The molecule has 0 saturated carbocycles. The van der Waals surface area contributed by atoms with Crippen LogP contribution in [0.2, 0.25) is 5.02 Å². The van der Waals surface area contributed by atoms with Crippen LogP contribution in [0.1, 0.15) is 33.3 Å². The lowest BCUT2D eigenvalue weighted by molar-refractivity contribution is -0.137. The van der Waals surface area contributed by atoms with Gasteiger partial charge in [0.2, 0.25) is 0 Å². The molecule has 0 radical (unpaired) electrons. The Bertz CT molecular complexity index is 1560. The fourth-order valence-electron chi connectivity index (χ4n) is 4.10. The van der Waals surface area contributed by atoms with E-state index in [2.05, 4.69) is 25.9 Å². The summed E-state index contributed by atoms with van der Waals surface area (Å²) in [5.41, 5.74) is 1.67. The summed E-state index contributed by atoms with van der Waals surface area (Å²) in [6.45, 7) is 2.02. The minimum absolute atomic E-state index is 0.0943. The zero-order valence-electron chi connectivity index (χ0n) is 20.2. The molecule has 8 nitrogen and oxygen atoms in total. The number of morpholine rings is 1. The fourth-order valence-corrected chi connectivity index (χ4v) is 4.32. The summed E-state index contributed by atoms with van der Waals surface area (Å²) in [6.07, 6.45) is -3.22. The second-order valence-electron chi connectivity index (χ2n) is 8.74. The maximum atomic E-state index is 13.2. The number of carbonyl (C=O) groups is 2. The van der Waals surface area contributed by atoms with Gasteiger partial charge in [-0.1, -0.05) is 23.7 Å². The van der Waals surface area contributed by atoms with E-state index in [9.17, 15) is 22.8 Å². The standard InChI is InChI=1S/C27H21ClF3N5O3/c28-20-6-5-18(12-19(20)27(29,30)31)35-26(38)34-17-3-1-2-15(10-17)25(37)16-4-7-21-22(11-16)33-13-23(36-21)24-14-32-8-9-39-24/h1-7,10-13,24,32H,8-9,14H2,(H2,34,35,38). The van der Waals surface area contributed by atoms with Gasteiger partial charge in [-0.05, 0) is 48.5 Å². The molecule has 5 rings (SSSR count). The van der Waals surface area contributed by atoms with Crippen molar-refractivity contribution in [3.05, 3.63) is 94.3 Å². The molecule has 12 heteroatoms. The topological polar surface area (TPSA) is 105 Å². The Morgan fingerprint density at radius 3 is 2.49 bits per heavy atom. The van der Waals surface area contributed by atoms with E-state index in [4.69, 9.17) is 16.3 Å². The maximum absolute atomic E-state index is 13.2. The van der Waals surface area contributed by atoms with Crippen molar-refractivity contribution in [2.24, 2.45) is 0 Å². The third kappa shape index (κ3) is 6.17. The molecule has 4 aromatic rings. The molecule has 200 valence electrons. The summed E-state index contributed by atoms with van der Waals surface area (Å²) in [6, 6.07) is 13.4. The van der Waals surface area contributed by atoms with Crippen molar-refractivity contribution in [1.29, 1.82) is 0 Å². The highest BCUT2D eigenvalue weighted by Crippen LogP contribution is 2.36. The number of halogens is 4. The zero-order valence-corrected chi connectivity index (χ0v) is 20.9. The number of amides is 2. The minimum atomic E-state index is -4.67. The van der Waals surface area contributed by atoms with Crippen LogP contribution in [0.5, 0.6) is 0 Å². The lowest BCUT2D eigenvalue weighted by Crippen LogP contribution is -2.33. The number of hydrogen-bond donors (Lipinski definition) is 3. The van der Waals surface area contributed by atoms with Crippen molar-refractivity contribution < 1.29 is 27.5 Å². The van der Waals surface area contributed by atoms with Gasteiger partial charge >= 0.3 is 12.2 Å². The van der Waals surface area contributed by atoms with Crippen LogP contribution in [0.15, 0.2) is 66.9 Å². The Morgan fingerprint density at radius 1 is 0.974 bits per heavy atom. The van der Waals surface area contributed by atoms with E-state index < -0.39 is 22.8 Å². The van der Waals surface area contributed by atoms with Gasteiger partial charge in [0.15, 0.2) is 5.78 Å². The van der Waals surface area contributed by atoms with Gasteiger partial charge in [-0.2, -0.15) is 13.2 Å². The number of hydrogen-bond acceptors (Lipinski definition) is 6. The summed E-state index contributed by atoms with van der Waals surface area (Å²) in [5, 5.41) is 7.63. The Hall–Kier alpha value is -4.06. The largest absolute Gasteiger partial charge is 0.417 e. The average molecular weight is 556 g/mol. The first-order valence-electron chi connectivity index (χ1n) is 11.9. The zero-order chi connectivity index (χ0) is 27.6. The number of rotatable bonds is 5. The normalized spacial score (nSPS) is 15.6. The third-order valence-electron chi connectivity index (χ3n) is 5.99. The van der Waals surface area contributed by atoms with E-state index in [0.717, 1.165) is 18.7 Å². The van der Waals surface area contributed by atoms with Crippen LogP contribution in [0.3, 0.4) is 0 Å². The molecule has 0 bridgehead atoms. The van der Waals surface area contributed by atoms with Crippen LogP contribution in [0, 0.1) is 0 Å². The summed E-state index contributed by atoms with van der Waals surface area (Å²) >= 11 is 5.62. The molecule has 1 fully saturated rings. The number of ketones is 1. The van der Waals surface area contributed by atoms with Gasteiger partial charge < -0.3 is 20.7 Å². The van der Waals surface area contributed by atoms with Gasteiger partial charge in [0.1, 0.15) is 6.10 Å². The molecule has 39 heavy (non-hydrogen) atoms.